The van der Waals surface area contributed by atoms with Gasteiger partial charge in [-0.2, -0.15) is 0 Å². The molecule has 0 saturated carbocycles. The second-order valence-electron chi connectivity index (χ2n) is 0.447. The minimum Gasteiger partial charge on any atom is -1.00 e. The van der Waals surface area contributed by atoms with Crippen LogP contribution in [0.15, 0.2) is 0 Å². The molecule has 10 heteroatoms. The summed E-state index contributed by atoms with van der Waals surface area (Å²) in [4.78, 5) is 16.5. The molecule has 10 heavy (non-hydrogen) atoms. The van der Waals surface area contributed by atoms with Crippen molar-refractivity contribution in [2.24, 2.45) is 0 Å². The van der Waals surface area contributed by atoms with E-state index in [-0.39, 0.29) is 60.1 Å². The summed E-state index contributed by atoms with van der Waals surface area (Å²) < 4.78 is 0. The fourth-order valence-corrected chi connectivity index (χ4v) is 0. The summed E-state index contributed by atoms with van der Waals surface area (Å²) in [6, 6.07) is 0. The van der Waals surface area contributed by atoms with E-state index in [4.69, 9.17) is 30.6 Å². The molecule has 0 bridgehead atoms. The van der Waals surface area contributed by atoms with Crippen LogP contribution in [0.4, 0.5) is 0 Å². The molecular weight excluding hydrogens is 229 g/mol. The van der Waals surface area contributed by atoms with Crippen LogP contribution in [0.1, 0.15) is 2.85 Å². The van der Waals surface area contributed by atoms with E-state index >= 15 is 0 Å². The van der Waals surface area contributed by atoms with E-state index in [2.05, 4.69) is 0 Å². The Balaban J connectivity index is -0.0000000112. The number of hydrogen-bond donors (Lipinski definition) is 0. The predicted octanol–water partition coefficient (Wildman–Crippen LogP) is -0.637. The van der Waals surface area contributed by atoms with Gasteiger partial charge in [0.25, 0.3) is 0 Å². The summed E-state index contributed by atoms with van der Waals surface area (Å²) in [7, 11) is 0. The molecule has 0 heterocycles. The molecule has 0 aromatic rings. The largest absolute Gasteiger partial charge is 2.00 e. The third kappa shape index (κ3) is 5480. The first kappa shape index (κ1) is 22.4. The molecule has 8 nitrogen and oxygen atoms in total. The monoisotopic (exact) mass is 230 g/mol. The van der Waals surface area contributed by atoms with E-state index in [1.54, 1.807) is 0 Å². The van der Waals surface area contributed by atoms with E-state index in [1.165, 1.54) is 0 Å². The van der Waals surface area contributed by atoms with Gasteiger partial charge in [0.2, 0.25) is 0 Å². The zero-order valence-corrected chi connectivity index (χ0v) is 9.93. The fourth-order valence-electron chi connectivity index (χ4n) is 0. The zero-order valence-electron chi connectivity index (χ0n) is 6.76. The van der Waals surface area contributed by atoms with E-state index in [0.29, 0.717) is 0 Å². The van der Waals surface area contributed by atoms with Crippen LogP contribution >= 0.6 is 0 Å². The van der Waals surface area contributed by atoms with Crippen molar-refractivity contribution in [2.45, 2.75) is 0 Å². The Kier molecular flexibility index (Phi) is 36.2. The van der Waals surface area contributed by atoms with Gasteiger partial charge in [-0.1, -0.05) is 0 Å². The fraction of sp³-hybridized carbons (Fsp3) is 0. The minimum absolute atomic E-state index is 0. The van der Waals surface area contributed by atoms with Gasteiger partial charge in [0.1, 0.15) is 0 Å². The van der Waals surface area contributed by atoms with Crippen molar-refractivity contribution in [2.75, 3.05) is 0 Å². The van der Waals surface area contributed by atoms with Gasteiger partial charge in [-0.25, -0.2) is 0 Å². The summed E-state index contributed by atoms with van der Waals surface area (Å²) in [5.41, 5.74) is 0. The van der Waals surface area contributed by atoms with Crippen molar-refractivity contribution >= 4 is 37.7 Å². The van der Waals surface area contributed by atoms with Gasteiger partial charge < -0.3 is 33.5 Å². The van der Waals surface area contributed by atoms with Crippen LogP contribution in [0, 0.1) is 30.6 Å². The van der Waals surface area contributed by atoms with E-state index in [1.807, 2.05) is 0 Å². The van der Waals surface area contributed by atoms with Crippen molar-refractivity contribution in [3.05, 3.63) is 30.6 Å². The molecule has 0 aliphatic carbocycles. The summed E-state index contributed by atoms with van der Waals surface area (Å²) in [5, 5.41) is 29.5. The third-order valence-electron chi connectivity index (χ3n) is 0. The third-order valence-corrected chi connectivity index (χ3v) is 0. The number of nitrogens with zero attached hydrogens (tertiary/aromatic N) is 2. The van der Waals surface area contributed by atoms with Crippen molar-refractivity contribution < 1.29 is 32.5 Å². The van der Waals surface area contributed by atoms with Crippen molar-refractivity contribution in [3.63, 3.8) is 0 Å². The summed E-state index contributed by atoms with van der Waals surface area (Å²) in [5.74, 6) is 0. The predicted molar refractivity (Wildman–Crippen MR) is 28.7 cm³/mol. The molecule has 0 N–H and O–H groups in total. The van der Waals surface area contributed by atoms with Crippen molar-refractivity contribution in [1.29, 1.82) is 0 Å². The van der Waals surface area contributed by atoms with Crippen molar-refractivity contribution in [3.8, 4) is 0 Å². The molecule has 0 spiro atoms. The molecule has 52 valence electrons. The smallest absolute Gasteiger partial charge is 1.00 e. The maximum atomic E-state index is 8.25. The SMILES string of the molecule is O=[N+]([O-])[O-].O=[N+]([O-])[O-].[Ca+2].[H-].[H-].[Zn+2]. The topological polar surface area (TPSA) is 132 Å². The normalized spacial score (nSPS) is 4.80. The van der Waals surface area contributed by atoms with E-state index in [9.17, 15) is 0 Å². The van der Waals surface area contributed by atoms with Crippen LogP contribution in [-0.2, 0) is 19.5 Å². The van der Waals surface area contributed by atoms with Crippen LogP contribution in [0.5, 0.6) is 0 Å². The van der Waals surface area contributed by atoms with Gasteiger partial charge in [-0.15, -0.1) is 0 Å². The van der Waals surface area contributed by atoms with Gasteiger partial charge in [-0.05, 0) is 0 Å². The van der Waals surface area contributed by atoms with Crippen LogP contribution in [0.3, 0.4) is 0 Å². The van der Waals surface area contributed by atoms with Gasteiger partial charge in [0, 0.05) is 0 Å². The molecule has 0 radical (unpaired) electrons. The molecule has 0 unspecified atom stereocenters. The quantitative estimate of drug-likeness (QED) is 0.309. The first-order valence-corrected chi connectivity index (χ1v) is 1.10. The maximum absolute atomic E-state index is 8.25. The second-order valence-corrected chi connectivity index (χ2v) is 0.447. The average Bonchev–Trinajstić information content (AvgIpc) is 1.25. The first-order chi connectivity index (χ1) is 3.46. The Morgan fingerprint density at radius 3 is 0.900 bits per heavy atom. The van der Waals surface area contributed by atoms with E-state index < -0.39 is 10.2 Å². The Morgan fingerprint density at radius 1 is 0.900 bits per heavy atom. The van der Waals surface area contributed by atoms with E-state index in [0.717, 1.165) is 0 Å². The molecule has 0 amide bonds. The van der Waals surface area contributed by atoms with Gasteiger partial charge in [0.15, 0.2) is 0 Å². The molecule has 0 aromatic heterocycles. The molecule has 0 aromatic carbocycles. The zero-order chi connectivity index (χ0) is 7.15. The second kappa shape index (κ2) is 16.1. The summed E-state index contributed by atoms with van der Waals surface area (Å²) in [6.45, 7) is 0. The van der Waals surface area contributed by atoms with Gasteiger partial charge >= 0.3 is 57.2 Å². The minimum atomic E-state index is -1.75. The summed E-state index contributed by atoms with van der Waals surface area (Å²) >= 11 is 0. The molecule has 0 rings (SSSR count). The summed E-state index contributed by atoms with van der Waals surface area (Å²) in [6.07, 6.45) is 0. The van der Waals surface area contributed by atoms with Crippen LogP contribution < -0.4 is 0 Å². The number of rotatable bonds is 0. The Morgan fingerprint density at radius 2 is 0.900 bits per heavy atom. The standard InChI is InChI=1S/Ca.2NO3.Zn.2H/c;2*2-1(3)4;;;/q+2;2*-1;+2;2*-1. The van der Waals surface area contributed by atoms with Gasteiger partial charge in [-0.3, -0.25) is 0 Å². The molecule has 0 fully saturated rings. The Labute approximate surface area is 100 Å². The average molecular weight is 231 g/mol. The van der Waals surface area contributed by atoms with Gasteiger partial charge in [0.05, 0.1) is 10.2 Å². The van der Waals surface area contributed by atoms with Crippen LogP contribution in [-0.4, -0.2) is 47.9 Å². The molecule has 0 atom stereocenters. The first-order valence-electron chi connectivity index (χ1n) is 1.10. The molecule has 0 aliphatic heterocycles. The molecule has 0 saturated heterocycles. The van der Waals surface area contributed by atoms with Crippen molar-refractivity contribution in [1.82, 2.24) is 0 Å². The van der Waals surface area contributed by atoms with Crippen LogP contribution in [0.25, 0.3) is 0 Å². The maximum Gasteiger partial charge on any atom is 2.00 e. The molecule has 0 aliphatic rings. The Bertz CT molecular complexity index is 81.5. The van der Waals surface area contributed by atoms with Crippen LogP contribution in [0.2, 0.25) is 0 Å². The number of hydrogen-bond acceptors (Lipinski definition) is 6. The Hall–Kier alpha value is 0.283. The molecular formula is H2CaN2O6Zn.